The third kappa shape index (κ3) is 3.76. The maximum absolute atomic E-state index is 8.90. The molecule has 1 N–H and O–H groups in total. The highest BCUT2D eigenvalue weighted by molar-refractivity contribution is 5.59. The van der Waals surface area contributed by atoms with Crippen LogP contribution in [0.4, 0.5) is 5.69 Å². The Morgan fingerprint density at radius 3 is 2.43 bits per heavy atom. The van der Waals surface area contributed by atoms with Crippen LogP contribution < -0.4 is 10.1 Å². The van der Waals surface area contributed by atoms with Gasteiger partial charge in [0.15, 0.2) is 0 Å². The van der Waals surface area contributed by atoms with Gasteiger partial charge in [0.25, 0.3) is 0 Å². The number of hydrogen-bond acceptors (Lipinski definition) is 3. The maximum atomic E-state index is 8.90. The Bertz CT molecular complexity index is 639. The summed E-state index contributed by atoms with van der Waals surface area (Å²) in [6, 6.07) is 16.1. The van der Waals surface area contributed by atoms with Crippen LogP contribution in [0, 0.1) is 11.3 Å². The predicted octanol–water partition coefficient (Wildman–Crippen LogP) is 4.30. The van der Waals surface area contributed by atoms with Crippen molar-refractivity contribution in [3.8, 4) is 11.8 Å². The van der Waals surface area contributed by atoms with Crippen LogP contribution >= 0.6 is 0 Å². The normalized spacial score (nSPS) is 10.2. The van der Waals surface area contributed by atoms with Crippen molar-refractivity contribution < 1.29 is 4.74 Å². The lowest BCUT2D eigenvalue weighted by Crippen LogP contribution is -2.02. The van der Waals surface area contributed by atoms with Gasteiger partial charge in [-0.2, -0.15) is 5.26 Å². The highest BCUT2D eigenvalue weighted by Crippen LogP contribution is 2.26. The molecule has 0 bridgehead atoms. The van der Waals surface area contributed by atoms with Crippen molar-refractivity contribution in [2.75, 3.05) is 12.4 Å². The average molecular weight is 280 g/mol. The molecule has 0 aromatic heterocycles. The first-order chi connectivity index (χ1) is 10.1. The first-order valence-electron chi connectivity index (χ1n) is 7.05. The molecule has 108 valence electrons. The van der Waals surface area contributed by atoms with Crippen molar-refractivity contribution in [2.24, 2.45) is 0 Å². The van der Waals surface area contributed by atoms with E-state index in [1.165, 1.54) is 11.1 Å². The zero-order chi connectivity index (χ0) is 15.2. The molecule has 2 aromatic carbocycles. The van der Waals surface area contributed by atoms with Crippen LogP contribution in [0.5, 0.6) is 5.75 Å². The maximum Gasteiger partial charge on any atom is 0.143 e. The Kier molecular flexibility index (Phi) is 4.84. The van der Waals surface area contributed by atoms with Crippen LogP contribution in [0.2, 0.25) is 0 Å². The Morgan fingerprint density at radius 1 is 1.14 bits per heavy atom. The molecule has 2 rings (SSSR count). The van der Waals surface area contributed by atoms with E-state index in [1.807, 2.05) is 6.07 Å². The van der Waals surface area contributed by atoms with Gasteiger partial charge < -0.3 is 10.1 Å². The molecule has 0 aliphatic carbocycles. The van der Waals surface area contributed by atoms with E-state index in [9.17, 15) is 0 Å². The number of anilines is 1. The van der Waals surface area contributed by atoms with Crippen LogP contribution in [0.25, 0.3) is 0 Å². The van der Waals surface area contributed by atoms with Crippen molar-refractivity contribution >= 4 is 5.69 Å². The molecule has 0 atom stereocenters. The van der Waals surface area contributed by atoms with E-state index in [4.69, 9.17) is 10.00 Å². The fraction of sp³-hybridized carbons (Fsp3) is 0.278. The standard InChI is InChI=1S/C18H20N2O/c1-13(2)16-7-4-14(5-8-16)12-20-17-9-6-15(11-19)10-18(17)21-3/h4-10,13,20H,12H2,1-3H3. The SMILES string of the molecule is COc1cc(C#N)ccc1NCc1ccc(C(C)C)cc1. The summed E-state index contributed by atoms with van der Waals surface area (Å²) in [6.07, 6.45) is 0. The Balaban J connectivity index is 2.07. The summed E-state index contributed by atoms with van der Waals surface area (Å²) in [4.78, 5) is 0. The summed E-state index contributed by atoms with van der Waals surface area (Å²) in [5.41, 5.74) is 4.05. The van der Waals surface area contributed by atoms with E-state index in [2.05, 4.69) is 49.5 Å². The van der Waals surface area contributed by atoms with Crippen molar-refractivity contribution in [3.63, 3.8) is 0 Å². The summed E-state index contributed by atoms with van der Waals surface area (Å²) in [7, 11) is 1.61. The summed E-state index contributed by atoms with van der Waals surface area (Å²) >= 11 is 0. The number of methoxy groups -OCH3 is 1. The molecule has 0 heterocycles. The molecule has 0 spiro atoms. The topological polar surface area (TPSA) is 45.0 Å². The third-order valence-electron chi connectivity index (χ3n) is 3.46. The lowest BCUT2D eigenvalue weighted by Gasteiger charge is -2.12. The minimum atomic E-state index is 0.547. The van der Waals surface area contributed by atoms with Gasteiger partial charge in [-0.05, 0) is 29.2 Å². The van der Waals surface area contributed by atoms with Crippen molar-refractivity contribution in [2.45, 2.75) is 26.3 Å². The van der Waals surface area contributed by atoms with Gasteiger partial charge in [-0.15, -0.1) is 0 Å². The second kappa shape index (κ2) is 6.81. The molecule has 2 aromatic rings. The molecule has 0 saturated carbocycles. The van der Waals surface area contributed by atoms with Crippen molar-refractivity contribution in [3.05, 3.63) is 59.2 Å². The minimum Gasteiger partial charge on any atom is -0.495 e. The Labute approximate surface area is 126 Å². The minimum absolute atomic E-state index is 0.547. The van der Waals surface area contributed by atoms with Crippen LogP contribution in [-0.2, 0) is 6.54 Å². The van der Waals surface area contributed by atoms with Gasteiger partial charge in [-0.25, -0.2) is 0 Å². The number of nitrogens with one attached hydrogen (secondary N) is 1. The summed E-state index contributed by atoms with van der Waals surface area (Å²) in [6.45, 7) is 5.10. The monoisotopic (exact) mass is 280 g/mol. The fourth-order valence-electron chi connectivity index (χ4n) is 2.12. The summed E-state index contributed by atoms with van der Waals surface area (Å²) < 4.78 is 5.31. The van der Waals surface area contributed by atoms with E-state index in [1.54, 1.807) is 19.2 Å². The van der Waals surface area contributed by atoms with Gasteiger partial charge in [0.2, 0.25) is 0 Å². The molecule has 0 saturated heterocycles. The zero-order valence-electron chi connectivity index (χ0n) is 12.7. The lowest BCUT2D eigenvalue weighted by atomic mass is 10.0. The van der Waals surface area contributed by atoms with Crippen LogP contribution in [0.15, 0.2) is 42.5 Å². The van der Waals surface area contributed by atoms with Crippen LogP contribution in [-0.4, -0.2) is 7.11 Å². The molecule has 0 unspecified atom stereocenters. The Morgan fingerprint density at radius 2 is 1.86 bits per heavy atom. The van der Waals surface area contributed by atoms with Crippen LogP contribution in [0.1, 0.15) is 36.5 Å². The smallest absolute Gasteiger partial charge is 0.143 e. The number of ether oxygens (including phenoxy) is 1. The van der Waals surface area contributed by atoms with E-state index in [0.29, 0.717) is 17.2 Å². The van der Waals surface area contributed by atoms with E-state index < -0.39 is 0 Å². The Hall–Kier alpha value is -2.47. The number of nitriles is 1. The fourth-order valence-corrected chi connectivity index (χ4v) is 2.12. The molecule has 0 aliphatic heterocycles. The lowest BCUT2D eigenvalue weighted by molar-refractivity contribution is 0.416. The van der Waals surface area contributed by atoms with Crippen molar-refractivity contribution in [1.82, 2.24) is 0 Å². The molecule has 0 amide bonds. The molecule has 0 fully saturated rings. The molecule has 0 aliphatic rings. The summed E-state index contributed by atoms with van der Waals surface area (Å²) in [5, 5.41) is 12.2. The first-order valence-corrected chi connectivity index (χ1v) is 7.05. The quantitative estimate of drug-likeness (QED) is 0.888. The highest BCUT2D eigenvalue weighted by atomic mass is 16.5. The van der Waals surface area contributed by atoms with Gasteiger partial charge in [0.05, 0.1) is 24.4 Å². The van der Waals surface area contributed by atoms with Crippen molar-refractivity contribution in [1.29, 1.82) is 5.26 Å². The van der Waals surface area contributed by atoms with E-state index >= 15 is 0 Å². The number of nitrogens with zero attached hydrogens (tertiary/aromatic N) is 1. The molecular formula is C18H20N2O. The van der Waals surface area contributed by atoms with Gasteiger partial charge in [0.1, 0.15) is 5.75 Å². The molecular weight excluding hydrogens is 260 g/mol. The van der Waals surface area contributed by atoms with Gasteiger partial charge in [-0.3, -0.25) is 0 Å². The van der Waals surface area contributed by atoms with Gasteiger partial charge in [-0.1, -0.05) is 38.1 Å². The summed E-state index contributed by atoms with van der Waals surface area (Å²) in [5.74, 6) is 1.23. The average Bonchev–Trinajstić information content (AvgIpc) is 2.53. The molecule has 3 heteroatoms. The van der Waals surface area contributed by atoms with Crippen LogP contribution in [0.3, 0.4) is 0 Å². The van der Waals surface area contributed by atoms with Gasteiger partial charge in [0, 0.05) is 12.6 Å². The zero-order valence-corrected chi connectivity index (χ0v) is 12.7. The molecule has 21 heavy (non-hydrogen) atoms. The number of benzene rings is 2. The predicted molar refractivity (Wildman–Crippen MR) is 85.6 cm³/mol. The number of hydrogen-bond donors (Lipinski definition) is 1. The largest absolute Gasteiger partial charge is 0.495 e. The third-order valence-corrected chi connectivity index (χ3v) is 3.46. The van der Waals surface area contributed by atoms with E-state index in [-0.39, 0.29) is 0 Å². The molecule has 3 nitrogen and oxygen atoms in total. The first kappa shape index (κ1) is 14.9. The van der Waals surface area contributed by atoms with E-state index in [0.717, 1.165) is 12.2 Å². The van der Waals surface area contributed by atoms with Gasteiger partial charge >= 0.3 is 0 Å². The second-order valence-corrected chi connectivity index (χ2v) is 5.28. The second-order valence-electron chi connectivity index (χ2n) is 5.28. The number of rotatable bonds is 5. The highest BCUT2D eigenvalue weighted by Gasteiger charge is 2.04. The molecule has 0 radical (unpaired) electrons.